The van der Waals surface area contributed by atoms with Crippen LogP contribution in [0.15, 0.2) is 41.2 Å². The van der Waals surface area contributed by atoms with E-state index in [1.165, 1.54) is 20.1 Å². The number of benzene rings is 2. The molecule has 1 heterocycles. The molecule has 0 aliphatic rings. The number of fused-ring (bicyclic) bond motifs is 1. The predicted molar refractivity (Wildman–Crippen MR) is 107 cm³/mol. The second kappa shape index (κ2) is 7.81. The summed E-state index contributed by atoms with van der Waals surface area (Å²) < 4.78 is 46.3. The first-order valence-corrected chi connectivity index (χ1v) is 9.08. The van der Waals surface area contributed by atoms with Crippen LogP contribution in [0.3, 0.4) is 0 Å². The lowest BCUT2D eigenvalue weighted by molar-refractivity contribution is -0.142. The van der Waals surface area contributed by atoms with Crippen LogP contribution in [-0.4, -0.2) is 22.6 Å². The van der Waals surface area contributed by atoms with E-state index in [0.717, 1.165) is 15.7 Å². The molecular weight excluding hydrogens is 399 g/mol. The van der Waals surface area contributed by atoms with E-state index in [9.17, 15) is 22.8 Å². The number of carbonyl (C=O) groups is 1. The lowest BCUT2D eigenvalue weighted by Crippen LogP contribution is -2.36. The number of aryl methyl sites for hydroxylation is 2. The van der Waals surface area contributed by atoms with Gasteiger partial charge in [-0.3, -0.25) is 14.2 Å². The molecule has 1 unspecified atom stereocenters. The number of rotatable bonds is 4. The zero-order chi connectivity index (χ0) is 22.2. The molecule has 2 aromatic carbocycles. The summed E-state index contributed by atoms with van der Waals surface area (Å²) in [6.45, 7) is 4.87. The molecule has 1 aromatic heterocycles. The van der Waals surface area contributed by atoms with Crippen molar-refractivity contribution < 1.29 is 22.7 Å². The van der Waals surface area contributed by atoms with Crippen LogP contribution in [0, 0.1) is 13.8 Å². The highest BCUT2D eigenvalue weighted by Gasteiger charge is 2.38. The number of nitrogens with zero attached hydrogens (tertiary/aromatic N) is 2. The topological polar surface area (TPSA) is 73.2 Å². The number of hydrogen-bond donors (Lipinski definition) is 1. The van der Waals surface area contributed by atoms with Crippen LogP contribution in [0.1, 0.15) is 29.8 Å². The number of nitrogens with one attached hydrogen (secondary N) is 1. The van der Waals surface area contributed by atoms with Crippen LogP contribution in [0.4, 0.5) is 18.9 Å². The number of methoxy groups -OCH3 is 1. The lowest BCUT2D eigenvalue weighted by Gasteiger charge is -2.20. The molecule has 0 aliphatic carbocycles. The number of aromatic nitrogens is 2. The normalized spacial score (nSPS) is 12.6. The lowest BCUT2D eigenvalue weighted by atomic mass is 10.1. The van der Waals surface area contributed by atoms with Gasteiger partial charge in [-0.2, -0.15) is 13.2 Å². The Bertz CT molecular complexity index is 1190. The van der Waals surface area contributed by atoms with Gasteiger partial charge in [-0.15, -0.1) is 0 Å². The van der Waals surface area contributed by atoms with E-state index < -0.39 is 29.4 Å². The fourth-order valence-corrected chi connectivity index (χ4v) is 3.09. The molecule has 0 saturated heterocycles. The molecule has 3 rings (SSSR count). The Morgan fingerprint density at radius 1 is 1.17 bits per heavy atom. The number of anilines is 1. The molecule has 0 spiro atoms. The van der Waals surface area contributed by atoms with Crippen molar-refractivity contribution >= 4 is 22.6 Å². The highest BCUT2D eigenvalue weighted by atomic mass is 19.4. The number of alkyl halides is 3. The molecule has 6 nitrogen and oxygen atoms in total. The quantitative estimate of drug-likeness (QED) is 0.687. The van der Waals surface area contributed by atoms with Crippen LogP contribution in [0.5, 0.6) is 5.75 Å². The molecule has 1 amide bonds. The van der Waals surface area contributed by atoms with Crippen molar-refractivity contribution in [1.29, 1.82) is 0 Å². The summed E-state index contributed by atoms with van der Waals surface area (Å²) in [7, 11) is 1.47. The van der Waals surface area contributed by atoms with Gasteiger partial charge >= 0.3 is 6.18 Å². The van der Waals surface area contributed by atoms with Crippen molar-refractivity contribution in [1.82, 2.24) is 9.55 Å². The average Bonchev–Trinajstić information content (AvgIpc) is 2.67. The predicted octanol–water partition coefficient (Wildman–Crippen LogP) is 4.24. The monoisotopic (exact) mass is 419 g/mol. The fourth-order valence-electron chi connectivity index (χ4n) is 3.09. The minimum atomic E-state index is -4.95. The molecule has 0 saturated carbocycles. The van der Waals surface area contributed by atoms with Gasteiger partial charge in [0.1, 0.15) is 11.8 Å². The highest BCUT2D eigenvalue weighted by Crippen LogP contribution is 2.28. The van der Waals surface area contributed by atoms with E-state index in [1.807, 2.05) is 0 Å². The third-order valence-electron chi connectivity index (χ3n) is 4.88. The molecule has 30 heavy (non-hydrogen) atoms. The Labute approximate surface area is 170 Å². The summed E-state index contributed by atoms with van der Waals surface area (Å²) in [6, 6.07) is 8.32. The fraction of sp³-hybridized carbons (Fsp3) is 0.286. The molecule has 0 aliphatic heterocycles. The summed E-state index contributed by atoms with van der Waals surface area (Å²) in [5.41, 5.74) is -0.902. The third kappa shape index (κ3) is 4.00. The molecule has 1 atom stereocenters. The molecule has 3 aromatic rings. The highest BCUT2D eigenvalue weighted by molar-refractivity contribution is 5.94. The number of carbonyl (C=O) groups excluding carboxylic acids is 1. The number of ether oxygens (including phenoxy) is 1. The first-order chi connectivity index (χ1) is 14.0. The molecule has 0 radical (unpaired) electrons. The van der Waals surface area contributed by atoms with Gasteiger partial charge in [0.05, 0.1) is 18.1 Å². The molecule has 1 N–H and O–H groups in total. The van der Waals surface area contributed by atoms with Gasteiger partial charge in [0.25, 0.3) is 5.56 Å². The van der Waals surface area contributed by atoms with Crippen molar-refractivity contribution in [3.05, 3.63) is 63.6 Å². The Morgan fingerprint density at radius 3 is 2.47 bits per heavy atom. The largest absolute Gasteiger partial charge is 0.497 e. The zero-order valence-corrected chi connectivity index (χ0v) is 16.8. The first-order valence-electron chi connectivity index (χ1n) is 9.08. The van der Waals surface area contributed by atoms with Crippen LogP contribution in [-0.2, 0) is 11.0 Å². The second-order valence-corrected chi connectivity index (χ2v) is 6.96. The van der Waals surface area contributed by atoms with E-state index in [-0.39, 0.29) is 11.0 Å². The van der Waals surface area contributed by atoms with Crippen LogP contribution in [0.2, 0.25) is 0 Å². The van der Waals surface area contributed by atoms with Crippen molar-refractivity contribution in [2.24, 2.45) is 0 Å². The Kier molecular flexibility index (Phi) is 5.56. The Morgan fingerprint density at radius 2 is 1.83 bits per heavy atom. The summed E-state index contributed by atoms with van der Waals surface area (Å²) in [5.74, 6) is -0.151. The zero-order valence-electron chi connectivity index (χ0n) is 16.8. The Balaban J connectivity index is 2.14. The maximum Gasteiger partial charge on any atom is 0.438 e. The SMILES string of the molecule is COc1cccc(NC(=O)C(C)n2c(=O)c(C(F)(F)F)nc3cc(C)c(C)cc32)c1. The van der Waals surface area contributed by atoms with Crippen LogP contribution in [0.25, 0.3) is 11.0 Å². The van der Waals surface area contributed by atoms with Gasteiger partial charge in [-0.1, -0.05) is 6.07 Å². The van der Waals surface area contributed by atoms with E-state index in [2.05, 4.69) is 10.3 Å². The third-order valence-corrected chi connectivity index (χ3v) is 4.88. The van der Waals surface area contributed by atoms with E-state index in [0.29, 0.717) is 11.4 Å². The van der Waals surface area contributed by atoms with E-state index in [1.54, 1.807) is 44.2 Å². The molecule has 0 bridgehead atoms. The number of amides is 1. The van der Waals surface area contributed by atoms with Gasteiger partial charge in [-0.05, 0) is 56.2 Å². The summed E-state index contributed by atoms with van der Waals surface area (Å²) in [6.07, 6.45) is -4.95. The first kappa shape index (κ1) is 21.4. The summed E-state index contributed by atoms with van der Waals surface area (Å²) >= 11 is 0. The molecule has 158 valence electrons. The average molecular weight is 419 g/mol. The minimum Gasteiger partial charge on any atom is -0.497 e. The van der Waals surface area contributed by atoms with E-state index >= 15 is 0 Å². The number of hydrogen-bond acceptors (Lipinski definition) is 4. The van der Waals surface area contributed by atoms with E-state index in [4.69, 9.17) is 4.74 Å². The smallest absolute Gasteiger partial charge is 0.438 e. The summed E-state index contributed by atoms with van der Waals surface area (Å²) in [4.78, 5) is 29.1. The van der Waals surface area contributed by atoms with Gasteiger partial charge in [-0.25, -0.2) is 4.98 Å². The van der Waals surface area contributed by atoms with Crippen LogP contribution >= 0.6 is 0 Å². The maximum absolute atomic E-state index is 13.4. The Hall–Kier alpha value is -3.36. The maximum atomic E-state index is 13.4. The standard InChI is InChI=1S/C21H20F3N3O3/c1-11-8-16-17(9-12(11)2)27(20(29)18(26-16)21(22,23)24)13(3)19(28)25-14-6-5-7-15(10-14)30-4/h5-10,13H,1-4H3,(H,25,28). The summed E-state index contributed by atoms with van der Waals surface area (Å²) in [5, 5.41) is 2.61. The van der Waals surface area contributed by atoms with Gasteiger partial charge < -0.3 is 10.1 Å². The van der Waals surface area contributed by atoms with Crippen molar-refractivity contribution in [3.63, 3.8) is 0 Å². The van der Waals surface area contributed by atoms with Crippen molar-refractivity contribution in [3.8, 4) is 5.75 Å². The van der Waals surface area contributed by atoms with Gasteiger partial charge in [0.2, 0.25) is 11.6 Å². The van der Waals surface area contributed by atoms with Crippen molar-refractivity contribution in [2.75, 3.05) is 12.4 Å². The van der Waals surface area contributed by atoms with Gasteiger partial charge in [0.15, 0.2) is 0 Å². The molecular formula is C21H20F3N3O3. The minimum absolute atomic E-state index is 0.00828. The van der Waals surface area contributed by atoms with Crippen molar-refractivity contribution in [2.45, 2.75) is 33.0 Å². The van der Waals surface area contributed by atoms with Gasteiger partial charge in [0, 0.05) is 11.8 Å². The number of halogens is 3. The second-order valence-electron chi connectivity index (χ2n) is 6.96. The van der Waals surface area contributed by atoms with Crippen LogP contribution < -0.4 is 15.6 Å². The molecule has 9 heteroatoms. The molecule has 0 fully saturated rings.